The van der Waals surface area contributed by atoms with Crippen LogP contribution in [0.1, 0.15) is 20.3 Å². The summed E-state index contributed by atoms with van der Waals surface area (Å²) in [7, 11) is -3.24. The Hall–Kier alpha value is -1.16. The zero-order chi connectivity index (χ0) is 20.2. The highest BCUT2D eigenvalue weighted by Gasteiger charge is 2.45. The molecule has 1 aliphatic heterocycles. The first-order valence-electron chi connectivity index (χ1n) is 9.10. The second-order valence-corrected chi connectivity index (χ2v) is 11.8. The van der Waals surface area contributed by atoms with E-state index in [1.54, 1.807) is 12.1 Å². The monoisotopic (exact) mass is 418 g/mol. The molecule has 1 heterocycles. The van der Waals surface area contributed by atoms with Crippen LogP contribution in [0.5, 0.6) is 5.75 Å². The minimum atomic E-state index is -3.77. The minimum Gasteiger partial charge on any atom is -0.491 e. The van der Waals surface area contributed by atoms with E-state index >= 15 is 0 Å². The van der Waals surface area contributed by atoms with Crippen LogP contribution in [0.2, 0.25) is 0 Å². The van der Waals surface area contributed by atoms with Gasteiger partial charge in [-0.3, -0.25) is 0 Å². The van der Waals surface area contributed by atoms with Crippen molar-refractivity contribution in [2.24, 2.45) is 0 Å². The Morgan fingerprint density at radius 2 is 1.81 bits per heavy atom. The van der Waals surface area contributed by atoms with Gasteiger partial charge in [-0.2, -0.15) is 0 Å². The molecule has 0 bridgehead atoms. The van der Waals surface area contributed by atoms with Gasteiger partial charge in [0.05, 0.1) is 27.8 Å². The fourth-order valence-corrected chi connectivity index (χ4v) is 7.87. The maximum atomic E-state index is 13.1. The molecule has 1 fully saturated rings. The smallest absolute Gasteiger partial charge is 0.183 e. The van der Waals surface area contributed by atoms with Gasteiger partial charge in [0.15, 0.2) is 19.7 Å². The van der Waals surface area contributed by atoms with Crippen LogP contribution in [0.25, 0.3) is 0 Å². The normalized spacial score (nSPS) is 22.4. The third-order valence-corrected chi connectivity index (χ3v) is 8.58. The van der Waals surface area contributed by atoms with E-state index in [4.69, 9.17) is 4.74 Å². The van der Waals surface area contributed by atoms with E-state index in [1.165, 1.54) is 12.1 Å². The van der Waals surface area contributed by atoms with E-state index in [9.17, 15) is 16.8 Å². The van der Waals surface area contributed by atoms with Crippen LogP contribution in [0.3, 0.4) is 0 Å². The fourth-order valence-electron chi connectivity index (χ4n) is 3.15. The van der Waals surface area contributed by atoms with E-state index in [-0.39, 0.29) is 22.5 Å². The van der Waals surface area contributed by atoms with Gasteiger partial charge in [0.25, 0.3) is 0 Å². The molecule has 1 N–H and O–H groups in total. The number of rotatable bonds is 9. The van der Waals surface area contributed by atoms with E-state index in [2.05, 4.69) is 5.32 Å². The lowest BCUT2D eigenvalue weighted by Crippen LogP contribution is -2.44. The van der Waals surface area contributed by atoms with Crippen molar-refractivity contribution in [3.05, 3.63) is 24.3 Å². The van der Waals surface area contributed by atoms with Crippen LogP contribution in [0.15, 0.2) is 29.2 Å². The molecule has 2 atom stereocenters. The van der Waals surface area contributed by atoms with Crippen LogP contribution >= 0.6 is 0 Å². The van der Waals surface area contributed by atoms with Gasteiger partial charge in [-0.15, -0.1) is 0 Å². The van der Waals surface area contributed by atoms with E-state index in [0.29, 0.717) is 12.3 Å². The first-order valence-corrected chi connectivity index (χ1v) is 12.5. The molecule has 1 aromatic carbocycles. The summed E-state index contributed by atoms with van der Waals surface area (Å²) < 4.78 is 55.9. The molecule has 1 aromatic rings. The lowest BCUT2D eigenvalue weighted by molar-refractivity contribution is 0.242. The van der Waals surface area contributed by atoms with Gasteiger partial charge in [-0.05, 0) is 71.7 Å². The van der Waals surface area contributed by atoms with Crippen molar-refractivity contribution in [3.63, 3.8) is 0 Å². The molecule has 0 amide bonds. The summed E-state index contributed by atoms with van der Waals surface area (Å²) in [6.45, 7) is 5.20. The number of ether oxygens (including phenoxy) is 1. The summed E-state index contributed by atoms with van der Waals surface area (Å²) in [6, 6.07) is 5.60. The fraction of sp³-hybridized carbons (Fsp3) is 0.667. The molecule has 9 heteroatoms. The lowest BCUT2D eigenvalue weighted by atomic mass is 10.2. The summed E-state index contributed by atoms with van der Waals surface area (Å²) in [4.78, 5) is 2.16. The van der Waals surface area contributed by atoms with Crippen molar-refractivity contribution in [1.82, 2.24) is 10.2 Å². The Labute approximate surface area is 162 Å². The molecule has 0 radical (unpaired) electrons. The van der Waals surface area contributed by atoms with E-state index in [0.717, 1.165) is 13.0 Å². The number of hydrogen-bond donors (Lipinski definition) is 1. The van der Waals surface area contributed by atoms with Crippen molar-refractivity contribution in [1.29, 1.82) is 0 Å². The lowest BCUT2D eigenvalue weighted by Gasteiger charge is -2.21. The minimum absolute atomic E-state index is 0.0109. The molecule has 7 nitrogen and oxygen atoms in total. The molecule has 0 aliphatic carbocycles. The summed E-state index contributed by atoms with van der Waals surface area (Å²) in [5.41, 5.74) is 0. The van der Waals surface area contributed by atoms with Gasteiger partial charge in [0.1, 0.15) is 5.75 Å². The van der Waals surface area contributed by atoms with Crippen molar-refractivity contribution in [3.8, 4) is 5.75 Å². The van der Waals surface area contributed by atoms with Crippen molar-refractivity contribution in [2.75, 3.05) is 38.7 Å². The van der Waals surface area contributed by atoms with Gasteiger partial charge < -0.3 is 15.0 Å². The van der Waals surface area contributed by atoms with Crippen molar-refractivity contribution < 1.29 is 21.6 Å². The Kier molecular flexibility index (Phi) is 7.29. The van der Waals surface area contributed by atoms with Crippen LogP contribution < -0.4 is 10.1 Å². The molecule has 0 saturated carbocycles. The van der Waals surface area contributed by atoms with Crippen LogP contribution in [0.4, 0.5) is 0 Å². The second-order valence-electron chi connectivity index (χ2n) is 7.52. The van der Waals surface area contributed by atoms with Gasteiger partial charge in [-0.25, -0.2) is 16.8 Å². The second kappa shape index (κ2) is 8.89. The zero-order valence-electron chi connectivity index (χ0n) is 16.4. The predicted octanol–water partition coefficient (Wildman–Crippen LogP) is 0.954. The first-order chi connectivity index (χ1) is 12.5. The Bertz CT molecular complexity index is 818. The van der Waals surface area contributed by atoms with E-state index < -0.39 is 31.0 Å². The topological polar surface area (TPSA) is 92.8 Å². The quantitative estimate of drug-likeness (QED) is 0.597. The molecule has 0 aromatic heterocycles. The average Bonchev–Trinajstić information content (AvgIpc) is 2.87. The maximum absolute atomic E-state index is 13.1. The standard InChI is InChI=1S/C18H30N2O5S2/c1-14(2)25-15-6-8-16(9-7-15)27(23,24)18-13-26(21,22)12-17(18)19-10-5-11-20(3)4/h6-9,14,17-19H,5,10-13H2,1-4H3/t17-,18-/m0/s1. The van der Waals surface area contributed by atoms with Crippen molar-refractivity contribution >= 4 is 19.7 Å². The predicted molar refractivity (Wildman–Crippen MR) is 107 cm³/mol. The summed E-state index contributed by atoms with van der Waals surface area (Å²) in [6.07, 6.45) is 0.806. The van der Waals surface area contributed by atoms with E-state index in [1.807, 2.05) is 32.8 Å². The Morgan fingerprint density at radius 1 is 1.19 bits per heavy atom. The van der Waals surface area contributed by atoms with Crippen LogP contribution in [-0.4, -0.2) is 77.8 Å². The average molecular weight is 419 g/mol. The number of benzene rings is 1. The molecule has 0 unspecified atom stereocenters. The molecule has 1 aliphatic rings. The van der Waals surface area contributed by atoms with Crippen LogP contribution in [0, 0.1) is 0 Å². The molecule has 2 rings (SSSR count). The number of nitrogens with one attached hydrogen (secondary N) is 1. The molecule has 0 spiro atoms. The van der Waals surface area contributed by atoms with Crippen LogP contribution in [-0.2, 0) is 19.7 Å². The van der Waals surface area contributed by atoms with Crippen molar-refractivity contribution in [2.45, 2.75) is 42.6 Å². The third-order valence-electron chi connectivity index (χ3n) is 4.41. The Morgan fingerprint density at radius 3 is 2.37 bits per heavy atom. The number of nitrogens with zero attached hydrogens (tertiary/aromatic N) is 1. The Balaban J connectivity index is 2.15. The van der Waals surface area contributed by atoms with Gasteiger partial charge in [-0.1, -0.05) is 0 Å². The SMILES string of the molecule is CC(C)Oc1ccc(S(=O)(=O)[C@H]2CS(=O)(=O)C[C@@H]2NCCCN(C)C)cc1. The third kappa shape index (κ3) is 6.17. The van der Waals surface area contributed by atoms with Gasteiger partial charge in [0.2, 0.25) is 0 Å². The molecule has 1 saturated heterocycles. The zero-order valence-corrected chi connectivity index (χ0v) is 18.0. The summed E-state index contributed by atoms with van der Waals surface area (Å²) >= 11 is 0. The summed E-state index contributed by atoms with van der Waals surface area (Å²) in [5.74, 6) is 0.0968. The molecular weight excluding hydrogens is 388 g/mol. The largest absolute Gasteiger partial charge is 0.491 e. The van der Waals surface area contributed by atoms with Gasteiger partial charge >= 0.3 is 0 Å². The molecule has 154 valence electrons. The molecule has 27 heavy (non-hydrogen) atoms. The first kappa shape index (κ1) is 22.1. The number of sulfone groups is 2. The molecular formula is C18H30N2O5S2. The number of hydrogen-bond acceptors (Lipinski definition) is 7. The van der Waals surface area contributed by atoms with Gasteiger partial charge in [0, 0.05) is 6.04 Å². The highest BCUT2D eigenvalue weighted by atomic mass is 32.2. The maximum Gasteiger partial charge on any atom is 0.183 e. The highest BCUT2D eigenvalue weighted by Crippen LogP contribution is 2.27. The summed E-state index contributed by atoms with van der Waals surface area (Å²) in [5, 5.41) is 2.17. The highest BCUT2D eigenvalue weighted by molar-refractivity contribution is 7.96.